The highest BCUT2D eigenvalue weighted by Gasteiger charge is 2.29. The van der Waals surface area contributed by atoms with Crippen molar-refractivity contribution in [3.63, 3.8) is 0 Å². The van der Waals surface area contributed by atoms with E-state index in [1.165, 1.54) is 12.5 Å². The van der Waals surface area contributed by atoms with Gasteiger partial charge in [0.1, 0.15) is 25.6 Å². The van der Waals surface area contributed by atoms with Crippen LogP contribution in [0.3, 0.4) is 0 Å². The molecule has 0 spiro atoms. The number of methoxy groups -OCH3 is 1. The number of imidazole rings is 1. The average molecular weight is 525 g/mol. The summed E-state index contributed by atoms with van der Waals surface area (Å²) in [6, 6.07) is 15.3. The summed E-state index contributed by atoms with van der Waals surface area (Å²) in [5, 5.41) is 14.2. The van der Waals surface area contributed by atoms with E-state index in [0.717, 1.165) is 22.8 Å². The van der Waals surface area contributed by atoms with Gasteiger partial charge in [0.05, 0.1) is 19.4 Å². The molecule has 0 radical (unpaired) electrons. The third-order valence-electron chi connectivity index (χ3n) is 5.34. The second-order valence-corrected chi connectivity index (χ2v) is 8.02. The lowest BCUT2D eigenvalue weighted by atomic mass is 10.1. The third-order valence-corrected chi connectivity index (χ3v) is 5.34. The Kier molecular flexibility index (Phi) is 10.4. The van der Waals surface area contributed by atoms with E-state index in [0.29, 0.717) is 0 Å². The van der Waals surface area contributed by atoms with Gasteiger partial charge in [0, 0.05) is 12.6 Å². The van der Waals surface area contributed by atoms with E-state index in [-0.39, 0.29) is 25.3 Å². The molecule has 3 rings (SSSR count). The largest absolute Gasteiger partial charge is 0.467 e. The molecule has 0 aliphatic rings. The Morgan fingerprint density at radius 1 is 0.895 bits per heavy atom. The molecule has 12 heteroatoms. The van der Waals surface area contributed by atoms with E-state index in [4.69, 9.17) is 9.47 Å². The van der Waals surface area contributed by atoms with Gasteiger partial charge in [-0.05, 0) is 11.1 Å². The molecule has 2 aromatic carbocycles. The van der Waals surface area contributed by atoms with Gasteiger partial charge >= 0.3 is 18.2 Å². The first-order chi connectivity index (χ1) is 18.4. The number of nitrogens with zero attached hydrogens (tertiary/aromatic N) is 2. The standard InChI is InChI=1S/C26H28N4O8/c1-36-24(33)22(14-31)28-23(32)21(29-25(34)37-15-18-8-4-2-5-9-18)12-20-13-27-17-30(20)26(35)38-16-19-10-6-3-7-11-19/h2-11,13,17,21-22,31H,12,14-16H2,1H3,(H,28,32)(H,29,34). The first-order valence-electron chi connectivity index (χ1n) is 11.6. The van der Waals surface area contributed by atoms with Gasteiger partial charge in [0.2, 0.25) is 5.91 Å². The van der Waals surface area contributed by atoms with Crippen LogP contribution in [-0.4, -0.2) is 64.5 Å². The van der Waals surface area contributed by atoms with Gasteiger partial charge in [-0.15, -0.1) is 0 Å². The van der Waals surface area contributed by atoms with Gasteiger partial charge in [-0.2, -0.15) is 0 Å². The SMILES string of the molecule is COC(=O)C(CO)NC(=O)C(Cc1cncn1C(=O)OCc1ccccc1)NC(=O)OCc1ccccc1. The number of esters is 1. The van der Waals surface area contributed by atoms with Crippen molar-refractivity contribution in [2.24, 2.45) is 0 Å². The van der Waals surface area contributed by atoms with Gasteiger partial charge in [0.15, 0.2) is 6.04 Å². The minimum Gasteiger partial charge on any atom is -0.467 e. The van der Waals surface area contributed by atoms with Crippen molar-refractivity contribution in [3.8, 4) is 0 Å². The third kappa shape index (κ3) is 8.17. The Bertz CT molecular complexity index is 1220. The van der Waals surface area contributed by atoms with Gasteiger partial charge in [-0.3, -0.25) is 4.79 Å². The number of hydrogen-bond donors (Lipinski definition) is 3. The molecule has 0 bridgehead atoms. The molecule has 0 fully saturated rings. The fourth-order valence-corrected chi connectivity index (χ4v) is 3.35. The molecular formula is C26H28N4O8. The van der Waals surface area contributed by atoms with Crippen molar-refractivity contribution in [2.45, 2.75) is 31.7 Å². The van der Waals surface area contributed by atoms with Crippen LogP contribution in [0.25, 0.3) is 0 Å². The number of ether oxygens (including phenoxy) is 3. The molecule has 200 valence electrons. The molecule has 2 unspecified atom stereocenters. The second kappa shape index (κ2) is 14.1. The molecule has 2 amide bonds. The van der Waals surface area contributed by atoms with Gasteiger partial charge in [-0.1, -0.05) is 60.7 Å². The number of benzene rings is 2. The molecule has 0 aliphatic heterocycles. The average Bonchev–Trinajstić information content (AvgIpc) is 3.42. The van der Waals surface area contributed by atoms with Crippen molar-refractivity contribution in [1.29, 1.82) is 0 Å². The Morgan fingerprint density at radius 2 is 1.50 bits per heavy atom. The molecule has 12 nitrogen and oxygen atoms in total. The molecule has 38 heavy (non-hydrogen) atoms. The fourth-order valence-electron chi connectivity index (χ4n) is 3.35. The number of aliphatic hydroxyl groups is 1. The topological polar surface area (TPSA) is 158 Å². The van der Waals surface area contributed by atoms with E-state index in [1.807, 2.05) is 24.3 Å². The zero-order valence-electron chi connectivity index (χ0n) is 20.6. The predicted octanol–water partition coefficient (Wildman–Crippen LogP) is 1.56. The Labute approximate surface area is 218 Å². The lowest BCUT2D eigenvalue weighted by molar-refractivity contribution is -0.146. The van der Waals surface area contributed by atoms with Crippen molar-refractivity contribution in [1.82, 2.24) is 20.2 Å². The second-order valence-electron chi connectivity index (χ2n) is 8.02. The number of carbonyl (C=O) groups excluding carboxylic acids is 4. The van der Waals surface area contributed by atoms with Crippen LogP contribution in [0.4, 0.5) is 9.59 Å². The minimum atomic E-state index is -1.36. The number of amides is 2. The zero-order valence-corrected chi connectivity index (χ0v) is 20.6. The maximum atomic E-state index is 13.0. The number of rotatable bonds is 11. The molecule has 3 aromatic rings. The van der Waals surface area contributed by atoms with Crippen LogP contribution in [-0.2, 0) is 43.4 Å². The number of alkyl carbamates (subject to hydrolysis) is 1. The zero-order chi connectivity index (χ0) is 27.3. The molecule has 0 aliphatic carbocycles. The summed E-state index contributed by atoms with van der Waals surface area (Å²) in [4.78, 5) is 54.0. The molecule has 0 saturated heterocycles. The highest BCUT2D eigenvalue weighted by Crippen LogP contribution is 2.09. The molecule has 2 atom stereocenters. The van der Waals surface area contributed by atoms with E-state index < -0.39 is 42.8 Å². The summed E-state index contributed by atoms with van der Waals surface area (Å²) in [5.41, 5.74) is 1.75. The van der Waals surface area contributed by atoms with Gasteiger partial charge in [0.25, 0.3) is 0 Å². The molecule has 1 heterocycles. The molecule has 0 saturated carbocycles. The maximum Gasteiger partial charge on any atom is 0.419 e. The van der Waals surface area contributed by atoms with Gasteiger partial charge < -0.3 is 30.0 Å². The minimum absolute atomic E-state index is 0.0164. The normalized spacial score (nSPS) is 12.1. The lowest BCUT2D eigenvalue weighted by Crippen LogP contribution is -2.54. The quantitative estimate of drug-likeness (QED) is 0.250. The summed E-state index contributed by atoms with van der Waals surface area (Å²) >= 11 is 0. The number of aliphatic hydroxyl groups excluding tert-OH is 1. The maximum absolute atomic E-state index is 13.0. The molecular weight excluding hydrogens is 496 g/mol. The number of carbonyl (C=O) groups is 4. The van der Waals surface area contributed by atoms with Crippen LogP contribution in [0.1, 0.15) is 16.8 Å². The molecule has 3 N–H and O–H groups in total. The monoisotopic (exact) mass is 524 g/mol. The van der Waals surface area contributed by atoms with E-state index in [2.05, 4.69) is 20.4 Å². The number of hydrogen-bond acceptors (Lipinski definition) is 9. The lowest BCUT2D eigenvalue weighted by Gasteiger charge is -2.21. The summed E-state index contributed by atoms with van der Waals surface area (Å²) in [6.07, 6.45) is 0.688. The smallest absolute Gasteiger partial charge is 0.419 e. The van der Waals surface area contributed by atoms with Crippen molar-refractivity contribution in [2.75, 3.05) is 13.7 Å². The van der Waals surface area contributed by atoms with Crippen LogP contribution >= 0.6 is 0 Å². The van der Waals surface area contributed by atoms with Crippen molar-refractivity contribution < 1.29 is 38.5 Å². The van der Waals surface area contributed by atoms with E-state index >= 15 is 0 Å². The predicted molar refractivity (Wildman–Crippen MR) is 133 cm³/mol. The Morgan fingerprint density at radius 3 is 2.08 bits per heavy atom. The van der Waals surface area contributed by atoms with Crippen LogP contribution in [0.15, 0.2) is 73.2 Å². The Balaban J connectivity index is 1.72. The van der Waals surface area contributed by atoms with Crippen molar-refractivity contribution >= 4 is 24.1 Å². The number of nitrogens with one attached hydrogen (secondary N) is 2. The van der Waals surface area contributed by atoms with Gasteiger partial charge in [-0.25, -0.2) is 23.9 Å². The van der Waals surface area contributed by atoms with Crippen LogP contribution < -0.4 is 10.6 Å². The highest BCUT2D eigenvalue weighted by molar-refractivity contribution is 5.90. The summed E-state index contributed by atoms with van der Waals surface area (Å²) in [5.74, 6) is -1.70. The van der Waals surface area contributed by atoms with Crippen LogP contribution in [0.5, 0.6) is 0 Å². The first-order valence-corrected chi connectivity index (χ1v) is 11.6. The number of aromatic nitrogens is 2. The highest BCUT2D eigenvalue weighted by atomic mass is 16.6. The summed E-state index contributed by atoms with van der Waals surface area (Å²) in [7, 11) is 1.10. The summed E-state index contributed by atoms with van der Waals surface area (Å²) in [6.45, 7) is -0.762. The Hall–Kier alpha value is -4.71. The van der Waals surface area contributed by atoms with E-state index in [9.17, 15) is 24.3 Å². The van der Waals surface area contributed by atoms with Crippen molar-refractivity contribution in [3.05, 3.63) is 90.0 Å². The van der Waals surface area contributed by atoms with Crippen LogP contribution in [0.2, 0.25) is 0 Å². The summed E-state index contributed by atoms with van der Waals surface area (Å²) < 4.78 is 16.2. The molecule has 1 aromatic heterocycles. The first kappa shape index (κ1) is 27.9. The van der Waals surface area contributed by atoms with E-state index in [1.54, 1.807) is 36.4 Å². The fraction of sp³-hybridized carbons (Fsp3) is 0.269. The van der Waals surface area contributed by atoms with Crippen LogP contribution in [0, 0.1) is 0 Å².